The van der Waals surface area contributed by atoms with Crippen molar-refractivity contribution >= 4 is 22.1 Å². The number of sulfone groups is 1. The lowest BCUT2D eigenvalue weighted by Crippen LogP contribution is -2.51. The molecule has 2 saturated heterocycles. The van der Waals surface area contributed by atoms with E-state index in [1.807, 2.05) is 10.7 Å². The lowest BCUT2D eigenvalue weighted by Gasteiger charge is -2.37. The molecule has 162 valence electrons. The van der Waals surface area contributed by atoms with Crippen LogP contribution in [0.5, 0.6) is 0 Å². The summed E-state index contributed by atoms with van der Waals surface area (Å²) in [5, 5.41) is 4.92. The first-order valence-corrected chi connectivity index (χ1v) is 13.1. The Morgan fingerprint density at radius 1 is 1.03 bits per heavy atom. The van der Waals surface area contributed by atoms with Crippen LogP contribution in [0.25, 0.3) is 0 Å². The summed E-state index contributed by atoms with van der Waals surface area (Å²) in [6, 6.07) is 10.6. The lowest BCUT2D eigenvalue weighted by atomic mass is 10.2. The molecule has 3 heterocycles. The first-order valence-electron chi connectivity index (χ1n) is 10.9. The first-order chi connectivity index (χ1) is 14.5. The van der Waals surface area contributed by atoms with Crippen molar-refractivity contribution in [3.63, 3.8) is 0 Å². The standard InChI is InChI=1S/C21H29N5O2S2/c27-30(28)13-8-19(15-30)24-11-9-23(10-12-24)16-26-21(29)25(20(22-26)18-6-7-18)14-17-4-2-1-3-5-17/h1-5,18-19H,6-16H2. The molecule has 1 aromatic heterocycles. The van der Waals surface area contributed by atoms with Crippen molar-refractivity contribution < 1.29 is 8.42 Å². The van der Waals surface area contributed by atoms with E-state index in [-0.39, 0.29) is 6.04 Å². The number of hydrogen-bond acceptors (Lipinski definition) is 6. The molecule has 3 aliphatic rings. The molecule has 5 rings (SSSR count). The van der Waals surface area contributed by atoms with Crippen LogP contribution in [0.15, 0.2) is 30.3 Å². The minimum atomic E-state index is -2.83. The Morgan fingerprint density at radius 3 is 2.40 bits per heavy atom. The zero-order chi connectivity index (χ0) is 20.7. The van der Waals surface area contributed by atoms with E-state index in [4.69, 9.17) is 17.3 Å². The molecule has 9 heteroatoms. The highest BCUT2D eigenvalue weighted by Crippen LogP contribution is 2.39. The molecule has 1 aliphatic carbocycles. The third-order valence-electron chi connectivity index (χ3n) is 6.54. The van der Waals surface area contributed by atoms with Gasteiger partial charge in [0, 0.05) is 38.1 Å². The second-order valence-corrected chi connectivity index (χ2v) is 11.4. The van der Waals surface area contributed by atoms with Crippen molar-refractivity contribution in [3.8, 4) is 0 Å². The summed E-state index contributed by atoms with van der Waals surface area (Å²) in [4.78, 5) is 4.73. The van der Waals surface area contributed by atoms with Gasteiger partial charge in [-0.05, 0) is 37.0 Å². The van der Waals surface area contributed by atoms with E-state index in [9.17, 15) is 8.42 Å². The van der Waals surface area contributed by atoms with Crippen molar-refractivity contribution in [2.75, 3.05) is 37.7 Å². The molecule has 1 atom stereocenters. The Labute approximate surface area is 183 Å². The van der Waals surface area contributed by atoms with Crippen molar-refractivity contribution in [2.45, 2.75) is 44.4 Å². The Kier molecular flexibility index (Phi) is 5.55. The molecule has 0 N–H and O–H groups in total. The monoisotopic (exact) mass is 447 g/mol. The molecule has 1 aromatic carbocycles. The second kappa shape index (κ2) is 8.18. The van der Waals surface area contributed by atoms with Gasteiger partial charge in [-0.3, -0.25) is 14.4 Å². The second-order valence-electron chi connectivity index (χ2n) is 8.84. The summed E-state index contributed by atoms with van der Waals surface area (Å²) < 4.78 is 28.6. The molecule has 0 amide bonds. The number of hydrogen-bond donors (Lipinski definition) is 0. The third-order valence-corrected chi connectivity index (χ3v) is 8.72. The van der Waals surface area contributed by atoms with Gasteiger partial charge in [-0.25, -0.2) is 13.1 Å². The van der Waals surface area contributed by atoms with Gasteiger partial charge in [0.1, 0.15) is 5.82 Å². The van der Waals surface area contributed by atoms with Gasteiger partial charge in [0.25, 0.3) is 0 Å². The summed E-state index contributed by atoms with van der Waals surface area (Å²) in [6.07, 6.45) is 3.18. The molecule has 0 radical (unpaired) electrons. The van der Waals surface area contributed by atoms with Crippen LogP contribution in [0.2, 0.25) is 0 Å². The van der Waals surface area contributed by atoms with E-state index in [0.29, 0.717) is 24.1 Å². The minimum absolute atomic E-state index is 0.200. The average molecular weight is 448 g/mol. The van der Waals surface area contributed by atoms with Crippen LogP contribution in [0.1, 0.15) is 36.6 Å². The number of rotatable bonds is 6. The highest BCUT2D eigenvalue weighted by molar-refractivity contribution is 7.91. The number of nitrogens with zero attached hydrogens (tertiary/aromatic N) is 5. The van der Waals surface area contributed by atoms with Gasteiger partial charge in [-0.1, -0.05) is 30.3 Å². The number of aromatic nitrogens is 3. The molecular weight excluding hydrogens is 418 g/mol. The Bertz CT molecular complexity index is 1050. The predicted molar refractivity (Wildman–Crippen MR) is 119 cm³/mol. The maximum atomic E-state index is 11.8. The fourth-order valence-electron chi connectivity index (χ4n) is 4.63. The summed E-state index contributed by atoms with van der Waals surface area (Å²) in [7, 11) is -2.83. The van der Waals surface area contributed by atoms with Crippen LogP contribution in [0.4, 0.5) is 0 Å². The SMILES string of the molecule is O=S1(=O)CCC(N2CCN(Cn3nc(C4CC4)n(Cc4ccccc4)c3=S)CC2)C1. The first kappa shape index (κ1) is 20.4. The van der Waals surface area contributed by atoms with Gasteiger partial charge in [0.15, 0.2) is 14.6 Å². The van der Waals surface area contributed by atoms with Crippen LogP contribution in [-0.2, 0) is 23.1 Å². The van der Waals surface area contributed by atoms with Gasteiger partial charge < -0.3 is 0 Å². The van der Waals surface area contributed by atoms with E-state index in [0.717, 1.165) is 49.7 Å². The molecule has 1 unspecified atom stereocenters. The Balaban J connectivity index is 1.26. The average Bonchev–Trinajstić information content (AvgIpc) is 3.46. The van der Waals surface area contributed by atoms with Gasteiger partial charge >= 0.3 is 0 Å². The van der Waals surface area contributed by atoms with Crippen LogP contribution < -0.4 is 0 Å². The molecule has 2 aliphatic heterocycles. The number of benzene rings is 1. The molecular formula is C21H29N5O2S2. The van der Waals surface area contributed by atoms with Crippen molar-refractivity contribution in [1.82, 2.24) is 24.1 Å². The normalized spacial score (nSPS) is 25.0. The molecule has 0 spiro atoms. The molecule has 7 nitrogen and oxygen atoms in total. The maximum absolute atomic E-state index is 11.8. The van der Waals surface area contributed by atoms with E-state index >= 15 is 0 Å². The highest BCUT2D eigenvalue weighted by atomic mass is 32.2. The molecule has 2 aromatic rings. The van der Waals surface area contributed by atoms with E-state index in [1.165, 1.54) is 18.4 Å². The predicted octanol–water partition coefficient (Wildman–Crippen LogP) is 2.10. The summed E-state index contributed by atoms with van der Waals surface area (Å²) in [5.41, 5.74) is 1.25. The minimum Gasteiger partial charge on any atom is -0.299 e. The van der Waals surface area contributed by atoms with Crippen LogP contribution >= 0.6 is 12.2 Å². The van der Waals surface area contributed by atoms with Gasteiger partial charge in [0.2, 0.25) is 0 Å². The van der Waals surface area contributed by atoms with Crippen molar-refractivity contribution in [1.29, 1.82) is 0 Å². The van der Waals surface area contributed by atoms with Gasteiger partial charge in [0.05, 0.1) is 24.7 Å². The van der Waals surface area contributed by atoms with Crippen molar-refractivity contribution in [3.05, 3.63) is 46.5 Å². The zero-order valence-electron chi connectivity index (χ0n) is 17.2. The summed E-state index contributed by atoms with van der Waals surface area (Å²) in [6.45, 7) is 5.14. The van der Waals surface area contributed by atoms with Crippen molar-refractivity contribution in [2.24, 2.45) is 0 Å². The molecule has 30 heavy (non-hydrogen) atoms. The van der Waals surface area contributed by atoms with Gasteiger partial charge in [-0.2, -0.15) is 5.10 Å². The molecule has 0 bridgehead atoms. The maximum Gasteiger partial charge on any atom is 0.199 e. The van der Waals surface area contributed by atoms with E-state index in [2.05, 4.69) is 38.6 Å². The fraction of sp³-hybridized carbons (Fsp3) is 0.619. The van der Waals surface area contributed by atoms with Gasteiger partial charge in [-0.15, -0.1) is 0 Å². The third kappa shape index (κ3) is 4.39. The van der Waals surface area contributed by atoms with E-state index in [1.54, 1.807) is 0 Å². The largest absolute Gasteiger partial charge is 0.299 e. The Hall–Kier alpha value is -1.55. The quantitative estimate of drug-likeness (QED) is 0.632. The smallest absolute Gasteiger partial charge is 0.199 e. The Morgan fingerprint density at radius 2 is 1.77 bits per heavy atom. The summed E-state index contributed by atoms with van der Waals surface area (Å²) >= 11 is 5.82. The fourth-order valence-corrected chi connectivity index (χ4v) is 6.65. The van der Waals surface area contributed by atoms with Crippen LogP contribution in [0, 0.1) is 4.77 Å². The molecule has 1 saturated carbocycles. The summed E-state index contributed by atoms with van der Waals surface area (Å²) in [5.74, 6) is 2.33. The lowest BCUT2D eigenvalue weighted by molar-refractivity contribution is 0.0807. The zero-order valence-corrected chi connectivity index (χ0v) is 18.8. The van der Waals surface area contributed by atoms with Crippen LogP contribution in [0.3, 0.4) is 0 Å². The van der Waals surface area contributed by atoms with E-state index < -0.39 is 9.84 Å². The molecule has 3 fully saturated rings. The highest BCUT2D eigenvalue weighted by Gasteiger charge is 2.34. The number of piperazine rings is 1. The topological polar surface area (TPSA) is 63.4 Å². The van der Waals surface area contributed by atoms with Crippen LogP contribution in [-0.4, -0.2) is 76.3 Å².